The zero-order valence-corrected chi connectivity index (χ0v) is 10.1. The van der Waals surface area contributed by atoms with Gasteiger partial charge in [0.2, 0.25) is 5.91 Å². The molecular weight excluding hydrogens is 228 g/mol. The fraction of sp³-hybridized carbons (Fsp3) is 0.385. The van der Waals surface area contributed by atoms with E-state index in [4.69, 9.17) is 5.73 Å². The van der Waals surface area contributed by atoms with E-state index < -0.39 is 0 Å². The number of amides is 1. The molecule has 1 saturated carbocycles. The van der Waals surface area contributed by atoms with Crippen molar-refractivity contribution in [1.29, 1.82) is 0 Å². The van der Waals surface area contributed by atoms with Crippen LogP contribution in [-0.2, 0) is 4.79 Å². The number of imidazole rings is 1. The molecule has 1 fully saturated rings. The first kappa shape index (κ1) is 11.2. The number of aromatic nitrogens is 2. The van der Waals surface area contributed by atoms with Crippen LogP contribution >= 0.6 is 0 Å². The molecular formula is C13H16N4O. The van der Waals surface area contributed by atoms with Gasteiger partial charge in [0.05, 0.1) is 22.8 Å². The van der Waals surface area contributed by atoms with Gasteiger partial charge in [0.1, 0.15) is 0 Å². The van der Waals surface area contributed by atoms with Crippen LogP contribution < -0.4 is 11.1 Å². The Kier molecular flexibility index (Phi) is 2.56. The minimum absolute atomic E-state index is 0.0371. The van der Waals surface area contributed by atoms with E-state index in [1.807, 2.05) is 18.2 Å². The van der Waals surface area contributed by atoms with E-state index in [0.717, 1.165) is 36.0 Å². The van der Waals surface area contributed by atoms with E-state index in [2.05, 4.69) is 15.3 Å². The van der Waals surface area contributed by atoms with Crippen LogP contribution in [0.5, 0.6) is 0 Å². The van der Waals surface area contributed by atoms with E-state index in [1.165, 1.54) is 0 Å². The van der Waals surface area contributed by atoms with Crippen LogP contribution in [0.3, 0.4) is 0 Å². The molecule has 5 nitrogen and oxygen atoms in total. The van der Waals surface area contributed by atoms with Crippen molar-refractivity contribution in [3.05, 3.63) is 24.5 Å². The second-order valence-electron chi connectivity index (χ2n) is 4.93. The van der Waals surface area contributed by atoms with E-state index in [9.17, 15) is 4.79 Å². The molecule has 0 saturated heterocycles. The summed E-state index contributed by atoms with van der Waals surface area (Å²) >= 11 is 0. The van der Waals surface area contributed by atoms with Crippen LogP contribution in [0.2, 0.25) is 0 Å². The number of carbonyl (C=O) groups excluding carboxylic acids is 1. The van der Waals surface area contributed by atoms with E-state index in [0.29, 0.717) is 6.54 Å². The minimum Gasteiger partial charge on any atom is -0.345 e. The molecule has 0 unspecified atom stereocenters. The topological polar surface area (TPSA) is 83.8 Å². The molecule has 3 rings (SSSR count). The lowest BCUT2D eigenvalue weighted by Gasteiger charge is -2.39. The van der Waals surface area contributed by atoms with Crippen LogP contribution in [0.15, 0.2) is 24.5 Å². The number of benzene rings is 1. The van der Waals surface area contributed by atoms with Gasteiger partial charge in [-0.25, -0.2) is 4.98 Å². The lowest BCUT2D eigenvalue weighted by Crippen LogP contribution is -2.47. The van der Waals surface area contributed by atoms with Gasteiger partial charge in [0.15, 0.2) is 0 Å². The summed E-state index contributed by atoms with van der Waals surface area (Å²) in [6.07, 6.45) is 4.51. The molecule has 1 aromatic carbocycles. The van der Waals surface area contributed by atoms with E-state index in [1.54, 1.807) is 6.33 Å². The highest BCUT2D eigenvalue weighted by Gasteiger charge is 2.42. The molecule has 1 amide bonds. The number of hydrogen-bond acceptors (Lipinski definition) is 3. The van der Waals surface area contributed by atoms with Gasteiger partial charge in [-0.3, -0.25) is 4.79 Å². The maximum absolute atomic E-state index is 12.2. The van der Waals surface area contributed by atoms with Gasteiger partial charge < -0.3 is 16.0 Å². The Balaban J connectivity index is 1.81. The van der Waals surface area contributed by atoms with Crippen molar-refractivity contribution in [1.82, 2.24) is 9.97 Å². The Labute approximate surface area is 105 Å². The number of anilines is 1. The minimum atomic E-state index is -0.344. The number of nitrogens with one attached hydrogen (secondary N) is 2. The third-order valence-corrected chi connectivity index (χ3v) is 3.86. The first-order chi connectivity index (χ1) is 8.73. The van der Waals surface area contributed by atoms with Gasteiger partial charge >= 0.3 is 0 Å². The molecule has 1 aliphatic carbocycles. The van der Waals surface area contributed by atoms with E-state index in [-0.39, 0.29) is 11.3 Å². The van der Waals surface area contributed by atoms with Crippen LogP contribution in [0.4, 0.5) is 5.69 Å². The Bertz CT molecular complexity index is 580. The lowest BCUT2D eigenvalue weighted by atomic mass is 9.68. The normalized spacial score (nSPS) is 17.4. The molecule has 4 N–H and O–H groups in total. The van der Waals surface area contributed by atoms with Crippen molar-refractivity contribution in [2.45, 2.75) is 19.3 Å². The van der Waals surface area contributed by atoms with Crippen molar-refractivity contribution in [3.8, 4) is 0 Å². The first-order valence-electron chi connectivity index (χ1n) is 6.18. The van der Waals surface area contributed by atoms with Crippen molar-refractivity contribution >= 4 is 22.6 Å². The van der Waals surface area contributed by atoms with Gasteiger partial charge in [-0.1, -0.05) is 6.42 Å². The molecule has 1 aliphatic rings. The van der Waals surface area contributed by atoms with Crippen molar-refractivity contribution < 1.29 is 4.79 Å². The standard InChI is InChI=1S/C13H16N4O/c14-7-13(4-1-5-13)12(18)17-9-2-3-10-11(6-9)16-8-15-10/h2-3,6,8H,1,4-5,7,14H2,(H,15,16)(H,17,18). The summed E-state index contributed by atoms with van der Waals surface area (Å²) in [5.41, 5.74) is 7.98. The number of H-pyrrole nitrogens is 1. The fourth-order valence-electron chi connectivity index (χ4n) is 2.40. The summed E-state index contributed by atoms with van der Waals surface area (Å²) in [5.74, 6) is 0.0371. The largest absolute Gasteiger partial charge is 0.345 e. The van der Waals surface area contributed by atoms with Crippen LogP contribution in [-0.4, -0.2) is 22.4 Å². The van der Waals surface area contributed by atoms with Crippen molar-refractivity contribution in [2.24, 2.45) is 11.1 Å². The maximum atomic E-state index is 12.2. The zero-order valence-electron chi connectivity index (χ0n) is 10.1. The smallest absolute Gasteiger partial charge is 0.231 e. The SMILES string of the molecule is NCC1(C(=O)Nc2ccc3nc[nH]c3c2)CCC1. The molecule has 1 heterocycles. The highest BCUT2D eigenvalue weighted by Crippen LogP contribution is 2.40. The Morgan fingerprint density at radius 1 is 1.50 bits per heavy atom. The van der Waals surface area contributed by atoms with Crippen LogP contribution in [0, 0.1) is 5.41 Å². The molecule has 5 heteroatoms. The third-order valence-electron chi connectivity index (χ3n) is 3.86. The molecule has 1 aromatic heterocycles. The summed E-state index contributed by atoms with van der Waals surface area (Å²) in [6.45, 7) is 0.422. The van der Waals surface area contributed by atoms with Crippen LogP contribution in [0.1, 0.15) is 19.3 Å². The lowest BCUT2D eigenvalue weighted by molar-refractivity contribution is -0.129. The molecule has 18 heavy (non-hydrogen) atoms. The third kappa shape index (κ3) is 1.67. The predicted octanol–water partition coefficient (Wildman–Crippen LogP) is 1.63. The zero-order chi connectivity index (χ0) is 12.6. The Morgan fingerprint density at radius 3 is 3.00 bits per heavy atom. The summed E-state index contributed by atoms with van der Waals surface area (Å²) in [4.78, 5) is 19.4. The Hall–Kier alpha value is -1.88. The summed E-state index contributed by atoms with van der Waals surface area (Å²) in [7, 11) is 0. The average Bonchev–Trinajstić information content (AvgIpc) is 2.75. The molecule has 0 atom stereocenters. The monoisotopic (exact) mass is 244 g/mol. The highest BCUT2D eigenvalue weighted by atomic mass is 16.2. The van der Waals surface area contributed by atoms with Gasteiger partial charge in [-0.05, 0) is 31.0 Å². The van der Waals surface area contributed by atoms with Gasteiger partial charge in [0, 0.05) is 12.2 Å². The highest BCUT2D eigenvalue weighted by molar-refractivity contribution is 5.97. The number of hydrogen-bond donors (Lipinski definition) is 3. The second kappa shape index (κ2) is 4.10. The van der Waals surface area contributed by atoms with E-state index >= 15 is 0 Å². The summed E-state index contributed by atoms with van der Waals surface area (Å²) in [5, 5.41) is 2.95. The van der Waals surface area contributed by atoms with Crippen molar-refractivity contribution in [2.75, 3.05) is 11.9 Å². The first-order valence-corrected chi connectivity index (χ1v) is 6.18. The summed E-state index contributed by atoms with van der Waals surface area (Å²) < 4.78 is 0. The number of nitrogens with two attached hydrogens (primary N) is 1. The van der Waals surface area contributed by atoms with Gasteiger partial charge in [-0.2, -0.15) is 0 Å². The quantitative estimate of drug-likeness (QED) is 0.767. The average molecular weight is 244 g/mol. The fourth-order valence-corrected chi connectivity index (χ4v) is 2.40. The van der Waals surface area contributed by atoms with Crippen LogP contribution in [0.25, 0.3) is 11.0 Å². The number of fused-ring (bicyclic) bond motifs is 1. The molecule has 2 aromatic rings. The second-order valence-corrected chi connectivity index (χ2v) is 4.93. The number of aromatic amines is 1. The molecule has 94 valence electrons. The van der Waals surface area contributed by atoms with Crippen molar-refractivity contribution in [3.63, 3.8) is 0 Å². The maximum Gasteiger partial charge on any atom is 0.231 e. The Morgan fingerprint density at radius 2 is 2.33 bits per heavy atom. The summed E-state index contributed by atoms with van der Waals surface area (Å²) in [6, 6.07) is 5.64. The number of nitrogens with zero attached hydrogens (tertiary/aromatic N) is 1. The van der Waals surface area contributed by atoms with Gasteiger partial charge in [-0.15, -0.1) is 0 Å². The number of rotatable bonds is 3. The molecule has 0 spiro atoms. The molecule has 0 aliphatic heterocycles. The predicted molar refractivity (Wildman–Crippen MR) is 70.1 cm³/mol. The number of carbonyl (C=O) groups is 1. The molecule has 0 bridgehead atoms. The molecule has 0 radical (unpaired) electrons. The van der Waals surface area contributed by atoms with Gasteiger partial charge in [0.25, 0.3) is 0 Å².